The first kappa shape index (κ1) is 30.0. The molecule has 0 aliphatic carbocycles. The third-order valence-corrected chi connectivity index (χ3v) is 6.97. The van der Waals surface area contributed by atoms with E-state index in [1.807, 2.05) is 84.9 Å². The van der Waals surface area contributed by atoms with Crippen molar-refractivity contribution in [3.63, 3.8) is 0 Å². The zero-order valence-electron chi connectivity index (χ0n) is 25.7. The topological polar surface area (TPSA) is 73.2 Å². The third-order valence-electron chi connectivity index (χ3n) is 6.97. The lowest BCUT2D eigenvalue weighted by Crippen LogP contribution is -2.27. The molecule has 1 amide bonds. The molecular formula is C35H43N3O3. The van der Waals surface area contributed by atoms with E-state index >= 15 is 0 Å². The molecule has 6 nitrogen and oxygen atoms in total. The van der Waals surface area contributed by atoms with E-state index in [1.54, 1.807) is 0 Å². The fourth-order valence-corrected chi connectivity index (χ4v) is 4.75. The minimum absolute atomic E-state index is 0.0178. The number of hydrogen-bond acceptors (Lipinski definition) is 4. The number of carbonyl (C=O) groups is 2. The lowest BCUT2D eigenvalue weighted by molar-refractivity contribution is -0.123. The summed E-state index contributed by atoms with van der Waals surface area (Å²) in [6.45, 7) is 16.3. The molecule has 0 aliphatic rings. The van der Waals surface area contributed by atoms with Gasteiger partial charge in [0.25, 0.3) is 0 Å². The van der Waals surface area contributed by atoms with Crippen molar-refractivity contribution in [1.29, 1.82) is 0 Å². The van der Waals surface area contributed by atoms with Gasteiger partial charge in [0, 0.05) is 24.1 Å². The van der Waals surface area contributed by atoms with Gasteiger partial charge in [-0.25, -0.2) is 9.78 Å². The number of amides is 1. The third kappa shape index (κ3) is 7.24. The average molecular weight is 554 g/mol. The molecule has 3 aromatic carbocycles. The van der Waals surface area contributed by atoms with Gasteiger partial charge in [0.05, 0.1) is 16.6 Å². The number of imidazole rings is 1. The first-order chi connectivity index (χ1) is 19.3. The molecule has 0 aliphatic heterocycles. The molecule has 0 bridgehead atoms. The van der Waals surface area contributed by atoms with Gasteiger partial charge < -0.3 is 14.6 Å². The number of benzene rings is 3. The summed E-state index contributed by atoms with van der Waals surface area (Å²) >= 11 is 0. The monoisotopic (exact) mass is 553 g/mol. The van der Waals surface area contributed by atoms with Crippen LogP contribution in [0.1, 0.15) is 88.6 Å². The summed E-state index contributed by atoms with van der Waals surface area (Å²) in [5.41, 5.74) is 6.24. The van der Waals surface area contributed by atoms with Crippen LogP contribution >= 0.6 is 0 Å². The summed E-state index contributed by atoms with van der Waals surface area (Å²) in [4.78, 5) is 30.7. The first-order valence-corrected chi connectivity index (χ1v) is 14.5. The number of ether oxygens (including phenoxy) is 1. The highest BCUT2D eigenvalue weighted by molar-refractivity contribution is 5.98. The van der Waals surface area contributed by atoms with Crippen molar-refractivity contribution in [3.8, 4) is 11.1 Å². The van der Waals surface area contributed by atoms with Crippen molar-refractivity contribution in [2.45, 2.75) is 86.8 Å². The van der Waals surface area contributed by atoms with E-state index in [0.717, 1.165) is 64.1 Å². The Morgan fingerprint density at radius 3 is 2.27 bits per heavy atom. The van der Waals surface area contributed by atoms with Gasteiger partial charge in [0.2, 0.25) is 5.91 Å². The summed E-state index contributed by atoms with van der Waals surface area (Å²) in [5, 5.41) is 3.09. The van der Waals surface area contributed by atoms with Gasteiger partial charge in [-0.15, -0.1) is 0 Å². The van der Waals surface area contributed by atoms with Crippen LogP contribution in [0.3, 0.4) is 0 Å². The predicted molar refractivity (Wildman–Crippen MR) is 167 cm³/mol. The zero-order valence-corrected chi connectivity index (χ0v) is 25.7. The number of hydrogen-bond donors (Lipinski definition) is 1. The molecule has 0 fully saturated rings. The molecule has 41 heavy (non-hydrogen) atoms. The number of carbonyl (C=O) groups excluding carboxylic acids is 2. The minimum Gasteiger partial charge on any atom is -0.456 e. The Hall–Kier alpha value is -3.93. The van der Waals surface area contributed by atoms with E-state index < -0.39 is 11.0 Å². The van der Waals surface area contributed by atoms with E-state index in [0.29, 0.717) is 12.1 Å². The van der Waals surface area contributed by atoms with Crippen molar-refractivity contribution in [2.75, 3.05) is 5.32 Å². The Labute approximate surface area is 244 Å². The summed E-state index contributed by atoms with van der Waals surface area (Å²) in [6.07, 6.45) is 3.02. The van der Waals surface area contributed by atoms with E-state index in [1.165, 1.54) is 0 Å². The molecule has 1 heterocycles. The molecule has 0 saturated heterocycles. The molecule has 0 spiro atoms. The van der Waals surface area contributed by atoms with Crippen LogP contribution in [0.5, 0.6) is 0 Å². The maximum Gasteiger partial charge on any atom is 0.339 e. The van der Waals surface area contributed by atoms with Crippen LogP contribution in [0.25, 0.3) is 22.2 Å². The Balaban J connectivity index is 1.68. The maximum absolute atomic E-state index is 12.9. The zero-order chi connectivity index (χ0) is 29.9. The lowest BCUT2D eigenvalue weighted by atomic mass is 9.95. The van der Waals surface area contributed by atoms with Crippen LogP contribution in [0.2, 0.25) is 0 Å². The number of anilines is 1. The van der Waals surface area contributed by atoms with Crippen LogP contribution in [0.15, 0.2) is 60.7 Å². The SMILES string of the molecule is CCCCc1nc2c(C)cc(NC(=O)C(C)(C)C)cc2n1Cc1ccc(-c2ccccc2C(=O)OC(C)(C)C)cc1. The van der Waals surface area contributed by atoms with Gasteiger partial charge in [0.15, 0.2) is 0 Å². The molecule has 6 heteroatoms. The molecule has 216 valence electrons. The normalized spacial score (nSPS) is 12.0. The molecule has 1 aromatic heterocycles. The van der Waals surface area contributed by atoms with Crippen LogP contribution in [-0.2, 0) is 22.5 Å². The minimum atomic E-state index is -0.565. The predicted octanol–water partition coefficient (Wildman–Crippen LogP) is 8.34. The van der Waals surface area contributed by atoms with Crippen molar-refractivity contribution in [1.82, 2.24) is 9.55 Å². The quantitative estimate of drug-likeness (QED) is 0.223. The number of rotatable bonds is 8. The fraction of sp³-hybridized carbons (Fsp3) is 0.400. The number of aryl methyl sites for hydroxylation is 2. The Morgan fingerprint density at radius 2 is 1.63 bits per heavy atom. The molecule has 4 rings (SSSR count). The Bertz CT molecular complexity index is 1550. The van der Waals surface area contributed by atoms with Crippen molar-refractivity contribution < 1.29 is 14.3 Å². The van der Waals surface area contributed by atoms with Gasteiger partial charge in [-0.2, -0.15) is 0 Å². The number of nitrogens with zero attached hydrogens (tertiary/aromatic N) is 2. The molecule has 0 atom stereocenters. The molecular weight excluding hydrogens is 510 g/mol. The summed E-state index contributed by atoms with van der Waals surface area (Å²) in [7, 11) is 0. The highest BCUT2D eigenvalue weighted by Gasteiger charge is 2.23. The molecule has 4 aromatic rings. The first-order valence-electron chi connectivity index (χ1n) is 14.5. The number of unbranched alkanes of at least 4 members (excludes halogenated alkanes) is 1. The Morgan fingerprint density at radius 1 is 0.951 bits per heavy atom. The van der Waals surface area contributed by atoms with Crippen molar-refractivity contribution in [2.24, 2.45) is 5.41 Å². The summed E-state index contributed by atoms with van der Waals surface area (Å²) < 4.78 is 7.92. The van der Waals surface area contributed by atoms with Crippen LogP contribution in [0, 0.1) is 12.3 Å². The van der Waals surface area contributed by atoms with Gasteiger partial charge >= 0.3 is 5.97 Å². The molecule has 1 N–H and O–H groups in total. The maximum atomic E-state index is 12.9. The summed E-state index contributed by atoms with van der Waals surface area (Å²) in [5.74, 6) is 0.701. The van der Waals surface area contributed by atoms with E-state index in [-0.39, 0.29) is 11.9 Å². The highest BCUT2D eigenvalue weighted by atomic mass is 16.6. The van der Waals surface area contributed by atoms with Crippen LogP contribution < -0.4 is 5.32 Å². The van der Waals surface area contributed by atoms with Crippen molar-refractivity contribution >= 4 is 28.6 Å². The van der Waals surface area contributed by atoms with Crippen molar-refractivity contribution in [3.05, 3.63) is 83.2 Å². The smallest absolute Gasteiger partial charge is 0.339 e. The molecule has 0 radical (unpaired) electrons. The van der Waals surface area contributed by atoms with Gasteiger partial charge in [-0.1, -0.05) is 76.6 Å². The van der Waals surface area contributed by atoms with Gasteiger partial charge in [-0.3, -0.25) is 4.79 Å². The lowest BCUT2D eigenvalue weighted by Gasteiger charge is -2.20. The van der Waals surface area contributed by atoms with Crippen LogP contribution in [0.4, 0.5) is 5.69 Å². The largest absolute Gasteiger partial charge is 0.456 e. The number of nitrogens with one attached hydrogen (secondary N) is 1. The Kier molecular flexibility index (Phi) is 8.71. The molecule has 0 unspecified atom stereocenters. The molecule has 0 saturated carbocycles. The second-order valence-corrected chi connectivity index (χ2v) is 12.8. The second-order valence-electron chi connectivity index (χ2n) is 12.8. The van der Waals surface area contributed by atoms with Crippen LogP contribution in [-0.4, -0.2) is 27.0 Å². The van der Waals surface area contributed by atoms with E-state index in [4.69, 9.17) is 9.72 Å². The van der Waals surface area contributed by atoms with E-state index in [2.05, 4.69) is 41.1 Å². The van der Waals surface area contributed by atoms with Gasteiger partial charge in [-0.05, 0) is 74.6 Å². The average Bonchev–Trinajstić information content (AvgIpc) is 3.24. The van der Waals surface area contributed by atoms with Gasteiger partial charge in [0.1, 0.15) is 11.4 Å². The number of aromatic nitrogens is 2. The number of fused-ring (bicyclic) bond motifs is 1. The number of esters is 1. The van der Waals surface area contributed by atoms with E-state index in [9.17, 15) is 9.59 Å². The summed E-state index contributed by atoms with van der Waals surface area (Å²) in [6, 6.07) is 19.9. The fourth-order valence-electron chi connectivity index (χ4n) is 4.75. The second kappa shape index (κ2) is 11.9. The highest BCUT2D eigenvalue weighted by Crippen LogP contribution is 2.29. The standard InChI is InChI=1S/C35H43N3O3/c1-9-10-15-30-37-31-23(2)20-26(36-33(40)34(3,4)5)21-29(31)38(30)22-24-16-18-25(19-17-24)27-13-11-12-14-28(27)32(39)41-35(6,7)8/h11-14,16-21H,9-10,15,22H2,1-8H3,(H,36,40).